The monoisotopic (exact) mass is 609 g/mol. The molecule has 0 aliphatic carbocycles. The lowest BCUT2D eigenvalue weighted by Gasteiger charge is -1.98. The predicted molar refractivity (Wildman–Crippen MR) is 214 cm³/mol. The minimum Gasteiger partial charge on any atom is -0.0776 e. The van der Waals surface area contributed by atoms with Gasteiger partial charge in [0, 0.05) is 0 Å². The van der Waals surface area contributed by atoms with Crippen LogP contribution >= 0.6 is 0 Å². The Morgan fingerprint density at radius 1 is 0.214 bits per heavy atom. The summed E-state index contributed by atoms with van der Waals surface area (Å²) in [6.07, 6.45) is 10.6. The van der Waals surface area contributed by atoms with Gasteiger partial charge in [-0.15, -0.1) is 0 Å². The van der Waals surface area contributed by atoms with Crippen LogP contribution in [0, 0.1) is 47.3 Å². The van der Waals surface area contributed by atoms with Gasteiger partial charge in [-0.2, -0.15) is 0 Å². The summed E-state index contributed by atoms with van der Waals surface area (Å²) in [5.41, 5.74) is 0. The summed E-state index contributed by atoms with van der Waals surface area (Å²) >= 11 is 0. The Balaban J connectivity index is -0.0000000349. The molecule has 0 rings (SSSR count). The van der Waals surface area contributed by atoms with E-state index in [0.717, 1.165) is 47.3 Å². The Morgan fingerprint density at radius 3 is 0.262 bits per heavy atom. The van der Waals surface area contributed by atoms with Crippen LogP contribution in [0.25, 0.3) is 0 Å². The van der Waals surface area contributed by atoms with Crippen LogP contribution in [0.1, 0.15) is 232 Å². The molecule has 0 fully saturated rings. The van der Waals surface area contributed by atoms with E-state index in [1.165, 1.54) is 51.4 Å². The highest BCUT2D eigenvalue weighted by atomic mass is 14.0. The molecule has 0 N–H and O–H groups in total. The quantitative estimate of drug-likeness (QED) is 0.257. The highest BCUT2D eigenvalue weighted by Crippen LogP contribution is 2.04. The van der Waals surface area contributed by atoms with Gasteiger partial charge in [-0.25, -0.2) is 0 Å². The molecule has 0 heterocycles. The third-order valence-electron chi connectivity index (χ3n) is 5.58. The van der Waals surface area contributed by atoms with Crippen LogP contribution < -0.4 is 0 Å². The minimum atomic E-state index is 0. The van der Waals surface area contributed by atoms with Gasteiger partial charge in [-0.3, -0.25) is 0 Å². The highest BCUT2D eigenvalue weighted by molar-refractivity contribution is 4.43. The van der Waals surface area contributed by atoms with Crippen molar-refractivity contribution in [3.8, 4) is 0 Å². The van der Waals surface area contributed by atoms with Gasteiger partial charge in [0.2, 0.25) is 0 Å². The molecular formula is C42H104. The van der Waals surface area contributed by atoms with Crippen LogP contribution in [-0.4, -0.2) is 0 Å². The van der Waals surface area contributed by atoms with Crippen molar-refractivity contribution in [2.75, 3.05) is 0 Å². The first-order valence-electron chi connectivity index (χ1n) is 18.2. The molecule has 0 aromatic heterocycles. The molecule has 0 aromatic carbocycles. The van der Waals surface area contributed by atoms with Crippen molar-refractivity contribution in [3.63, 3.8) is 0 Å². The Bertz CT molecular complexity index is 221. The lowest BCUT2D eigenvalue weighted by molar-refractivity contribution is 0.544. The zero-order chi connectivity index (χ0) is 34.3. The molecule has 0 heteroatoms. The van der Waals surface area contributed by atoms with Crippen molar-refractivity contribution in [2.45, 2.75) is 232 Å². The third-order valence-corrected chi connectivity index (χ3v) is 5.58. The van der Waals surface area contributed by atoms with E-state index in [9.17, 15) is 0 Å². The normalized spacial score (nSPS) is 9.14. The zero-order valence-electron chi connectivity index (χ0n) is 34.3. The summed E-state index contributed by atoms with van der Waals surface area (Å²) in [5.74, 6) is 7.07. The Labute approximate surface area is 279 Å². The molecule has 0 aliphatic heterocycles. The van der Waals surface area contributed by atoms with Crippen molar-refractivity contribution in [2.24, 2.45) is 47.3 Å². The SMILES string of the molecule is C.C.CC(C)C.CC(C)C.CC(C)C.CC(C)C.CCC(C)CC.CCC(C)CC.CCC(C)CC.CCC(C)CC. The van der Waals surface area contributed by atoms with Crippen LogP contribution in [0.2, 0.25) is 0 Å². The Kier molecular flexibility index (Phi) is 105. The van der Waals surface area contributed by atoms with Crippen molar-refractivity contribution in [1.29, 1.82) is 0 Å². The van der Waals surface area contributed by atoms with E-state index in [2.05, 4.69) is 166 Å². The van der Waals surface area contributed by atoms with Gasteiger partial charge in [-0.05, 0) is 47.3 Å². The van der Waals surface area contributed by atoms with Gasteiger partial charge < -0.3 is 0 Å². The van der Waals surface area contributed by atoms with Crippen molar-refractivity contribution in [3.05, 3.63) is 0 Å². The lowest BCUT2D eigenvalue weighted by atomic mass is 10.1. The number of hydrogen-bond acceptors (Lipinski definition) is 0. The smallest absolute Gasteiger partial charge is 0.0448 e. The second kappa shape index (κ2) is 64.1. The summed E-state index contributed by atoms with van der Waals surface area (Å²) in [6, 6.07) is 0. The molecule has 0 radical (unpaired) electrons. The Hall–Kier alpha value is 0. The predicted octanol–water partition coefficient (Wildman–Crippen LogP) is 17.7. The molecule has 0 atom stereocenters. The van der Waals surface area contributed by atoms with Crippen LogP contribution in [0.5, 0.6) is 0 Å². The molecule has 0 spiro atoms. The molecule has 272 valence electrons. The first kappa shape index (κ1) is 68.9. The van der Waals surface area contributed by atoms with Gasteiger partial charge >= 0.3 is 0 Å². The average Bonchev–Trinajstić information content (AvgIpc) is 2.86. The first-order valence-corrected chi connectivity index (χ1v) is 18.2. The molecule has 0 saturated heterocycles. The van der Waals surface area contributed by atoms with Crippen molar-refractivity contribution in [1.82, 2.24) is 0 Å². The van der Waals surface area contributed by atoms with Crippen LogP contribution in [-0.2, 0) is 0 Å². The van der Waals surface area contributed by atoms with Gasteiger partial charge in [-0.1, -0.05) is 232 Å². The fourth-order valence-corrected chi connectivity index (χ4v) is 1.15. The fourth-order valence-electron chi connectivity index (χ4n) is 1.15. The zero-order valence-corrected chi connectivity index (χ0v) is 34.3. The Morgan fingerprint density at radius 2 is 0.262 bits per heavy atom. The largest absolute Gasteiger partial charge is 0.0776 e. The maximum atomic E-state index is 2.28. The molecular weight excluding hydrogens is 504 g/mol. The summed E-state index contributed by atoms with van der Waals surface area (Å²) in [6.45, 7) is 53.0. The molecule has 0 unspecified atom stereocenters. The summed E-state index contributed by atoms with van der Waals surface area (Å²) < 4.78 is 0. The van der Waals surface area contributed by atoms with Gasteiger partial charge in [0.15, 0.2) is 0 Å². The fraction of sp³-hybridized carbons (Fsp3) is 1.00. The van der Waals surface area contributed by atoms with E-state index < -0.39 is 0 Å². The summed E-state index contributed by atoms with van der Waals surface area (Å²) in [4.78, 5) is 0. The number of hydrogen-bond donors (Lipinski definition) is 0. The van der Waals surface area contributed by atoms with E-state index in [1.807, 2.05) is 0 Å². The van der Waals surface area contributed by atoms with E-state index in [1.54, 1.807) is 0 Å². The summed E-state index contributed by atoms with van der Waals surface area (Å²) in [5, 5.41) is 0. The van der Waals surface area contributed by atoms with Gasteiger partial charge in [0.25, 0.3) is 0 Å². The number of rotatable bonds is 8. The average molecular weight is 609 g/mol. The van der Waals surface area contributed by atoms with Crippen LogP contribution in [0.4, 0.5) is 0 Å². The second-order valence-electron chi connectivity index (χ2n) is 14.6. The van der Waals surface area contributed by atoms with E-state index in [4.69, 9.17) is 0 Å². The summed E-state index contributed by atoms with van der Waals surface area (Å²) in [7, 11) is 0. The molecule has 0 aromatic rings. The van der Waals surface area contributed by atoms with Gasteiger partial charge in [0.05, 0.1) is 0 Å². The topological polar surface area (TPSA) is 0 Å². The molecule has 0 amide bonds. The van der Waals surface area contributed by atoms with Crippen molar-refractivity contribution >= 4 is 0 Å². The van der Waals surface area contributed by atoms with Crippen molar-refractivity contribution < 1.29 is 0 Å². The first-order chi connectivity index (χ1) is 18.2. The van der Waals surface area contributed by atoms with E-state index in [0.29, 0.717) is 0 Å². The third kappa shape index (κ3) is 238. The van der Waals surface area contributed by atoms with Gasteiger partial charge in [0.1, 0.15) is 0 Å². The lowest BCUT2D eigenvalue weighted by Crippen LogP contribution is -1.85. The standard InChI is InChI=1S/4C6H14.4C4H10.2CH4/c4*1-4-6(3)5-2;4*1-4(2)3;;/h4*6H,4-5H2,1-3H3;4*4H,1-3H3;2*1H4. The molecule has 0 saturated carbocycles. The van der Waals surface area contributed by atoms with E-state index >= 15 is 0 Å². The minimum absolute atomic E-state index is 0. The molecule has 0 nitrogen and oxygen atoms in total. The molecule has 0 bridgehead atoms. The maximum absolute atomic E-state index is 2.28. The maximum Gasteiger partial charge on any atom is -0.0448 e. The molecule has 0 aliphatic rings. The van der Waals surface area contributed by atoms with Crippen LogP contribution in [0.15, 0.2) is 0 Å². The van der Waals surface area contributed by atoms with E-state index in [-0.39, 0.29) is 14.9 Å². The molecule has 42 heavy (non-hydrogen) atoms. The second-order valence-corrected chi connectivity index (χ2v) is 14.6. The highest BCUT2D eigenvalue weighted by Gasteiger charge is 1.90. The van der Waals surface area contributed by atoms with Crippen LogP contribution in [0.3, 0.4) is 0 Å².